The molecule has 1 N–H and O–H groups in total. The van der Waals surface area contributed by atoms with Gasteiger partial charge in [-0.25, -0.2) is 0 Å². The molecule has 0 aromatic heterocycles. The fourth-order valence-corrected chi connectivity index (χ4v) is 5.52. The van der Waals surface area contributed by atoms with Gasteiger partial charge < -0.3 is 10.2 Å². The van der Waals surface area contributed by atoms with Crippen LogP contribution in [0.3, 0.4) is 0 Å². The van der Waals surface area contributed by atoms with Gasteiger partial charge in [0.05, 0.1) is 5.37 Å². The lowest BCUT2D eigenvalue weighted by Crippen LogP contribution is -2.52. The van der Waals surface area contributed by atoms with Crippen molar-refractivity contribution in [1.82, 2.24) is 10.2 Å². The van der Waals surface area contributed by atoms with Gasteiger partial charge in [-0.15, -0.1) is 11.8 Å². The van der Waals surface area contributed by atoms with Gasteiger partial charge in [0.2, 0.25) is 5.91 Å². The van der Waals surface area contributed by atoms with Gasteiger partial charge in [0.1, 0.15) is 6.04 Å². The van der Waals surface area contributed by atoms with Crippen LogP contribution in [-0.4, -0.2) is 39.9 Å². The first-order chi connectivity index (χ1) is 12.1. The van der Waals surface area contributed by atoms with Crippen LogP contribution in [-0.2, 0) is 4.79 Å². The summed E-state index contributed by atoms with van der Waals surface area (Å²) >= 11 is 1.79. The van der Waals surface area contributed by atoms with Gasteiger partial charge in [-0.05, 0) is 44.7 Å². The lowest BCUT2D eigenvalue weighted by molar-refractivity contribution is -0.125. The van der Waals surface area contributed by atoms with E-state index in [9.17, 15) is 9.59 Å². The van der Waals surface area contributed by atoms with E-state index in [2.05, 4.69) is 5.32 Å². The number of thioether (sulfide) groups is 1. The van der Waals surface area contributed by atoms with Crippen LogP contribution in [0.5, 0.6) is 0 Å². The van der Waals surface area contributed by atoms with Gasteiger partial charge in [0, 0.05) is 17.4 Å². The van der Waals surface area contributed by atoms with Crippen LogP contribution in [0, 0.1) is 5.92 Å². The van der Waals surface area contributed by atoms with Crippen molar-refractivity contribution >= 4 is 23.6 Å². The van der Waals surface area contributed by atoms with Crippen LogP contribution in [0.25, 0.3) is 0 Å². The summed E-state index contributed by atoms with van der Waals surface area (Å²) in [6, 6.07) is 9.09. The smallest absolute Gasteiger partial charge is 0.255 e. The van der Waals surface area contributed by atoms with Gasteiger partial charge in [0.15, 0.2) is 0 Å². The van der Waals surface area contributed by atoms with E-state index in [1.807, 2.05) is 49.1 Å². The van der Waals surface area contributed by atoms with Crippen LogP contribution in [0.15, 0.2) is 30.3 Å². The molecule has 1 saturated heterocycles. The van der Waals surface area contributed by atoms with Gasteiger partial charge in [-0.3, -0.25) is 9.59 Å². The van der Waals surface area contributed by atoms with Gasteiger partial charge >= 0.3 is 0 Å². The van der Waals surface area contributed by atoms with E-state index in [1.165, 1.54) is 19.3 Å². The van der Waals surface area contributed by atoms with Crippen molar-refractivity contribution in [3.05, 3.63) is 35.9 Å². The third-order valence-electron chi connectivity index (χ3n) is 5.08. The van der Waals surface area contributed by atoms with Crippen molar-refractivity contribution in [2.75, 3.05) is 5.75 Å². The second kappa shape index (κ2) is 8.26. The molecule has 2 fully saturated rings. The van der Waals surface area contributed by atoms with Crippen LogP contribution in [0.4, 0.5) is 0 Å². The predicted molar refractivity (Wildman–Crippen MR) is 102 cm³/mol. The number of nitrogens with zero attached hydrogens (tertiary/aromatic N) is 1. The predicted octanol–water partition coefficient (Wildman–Crippen LogP) is 3.68. The summed E-state index contributed by atoms with van der Waals surface area (Å²) in [5.74, 6) is 1.16. The number of nitrogens with one attached hydrogen (secondary N) is 1. The average Bonchev–Trinajstić information content (AvgIpc) is 3.07. The van der Waals surface area contributed by atoms with Gasteiger partial charge in [-0.1, -0.05) is 37.5 Å². The summed E-state index contributed by atoms with van der Waals surface area (Å²) in [6.07, 6.45) is 6.08. The average molecular weight is 361 g/mol. The quantitative estimate of drug-likeness (QED) is 0.891. The molecule has 0 bridgehead atoms. The highest BCUT2D eigenvalue weighted by molar-refractivity contribution is 8.00. The molecule has 1 aromatic carbocycles. The van der Waals surface area contributed by atoms with Crippen LogP contribution >= 0.6 is 11.8 Å². The van der Waals surface area contributed by atoms with Crippen LogP contribution in [0.2, 0.25) is 0 Å². The maximum absolute atomic E-state index is 13.2. The lowest BCUT2D eigenvalue weighted by atomic mass is 9.88. The number of benzene rings is 1. The van der Waals surface area contributed by atoms with E-state index in [0.717, 1.165) is 12.8 Å². The van der Waals surface area contributed by atoms with Crippen molar-refractivity contribution < 1.29 is 9.59 Å². The van der Waals surface area contributed by atoms with Crippen molar-refractivity contribution in [2.45, 2.75) is 63.4 Å². The minimum atomic E-state index is -0.368. The lowest BCUT2D eigenvalue weighted by Gasteiger charge is -2.35. The fourth-order valence-electron chi connectivity index (χ4n) is 3.88. The highest BCUT2D eigenvalue weighted by Gasteiger charge is 2.45. The summed E-state index contributed by atoms with van der Waals surface area (Å²) in [4.78, 5) is 27.8. The first-order valence-corrected chi connectivity index (χ1v) is 10.4. The summed E-state index contributed by atoms with van der Waals surface area (Å²) in [5, 5.41) is 3.12. The second-order valence-corrected chi connectivity index (χ2v) is 8.53. The van der Waals surface area contributed by atoms with Crippen molar-refractivity contribution in [3.63, 3.8) is 0 Å². The van der Waals surface area contributed by atoms with Crippen LogP contribution in [0.1, 0.15) is 56.3 Å². The molecule has 0 spiro atoms. The first kappa shape index (κ1) is 18.3. The Labute approximate surface area is 154 Å². The van der Waals surface area contributed by atoms with E-state index < -0.39 is 0 Å². The molecule has 5 heteroatoms. The third-order valence-corrected chi connectivity index (χ3v) is 6.54. The summed E-state index contributed by atoms with van der Waals surface area (Å²) in [5.41, 5.74) is 0.674. The zero-order chi connectivity index (χ0) is 17.8. The SMILES string of the molecule is CC(C)NC(=O)C1CSC(C2CCCCC2)N1C(=O)c1ccccc1. The summed E-state index contributed by atoms with van der Waals surface area (Å²) in [6.45, 7) is 3.92. The zero-order valence-corrected chi connectivity index (χ0v) is 15.9. The molecule has 1 aliphatic heterocycles. The van der Waals surface area contributed by atoms with E-state index in [1.54, 1.807) is 11.8 Å². The number of carbonyl (C=O) groups excluding carboxylic acids is 2. The Balaban J connectivity index is 1.85. The summed E-state index contributed by atoms with van der Waals surface area (Å²) < 4.78 is 0. The Hall–Kier alpha value is -1.49. The van der Waals surface area contributed by atoms with Crippen molar-refractivity contribution in [1.29, 1.82) is 0 Å². The molecule has 1 aromatic rings. The monoisotopic (exact) mass is 360 g/mol. The van der Waals surface area contributed by atoms with Crippen LogP contribution < -0.4 is 5.32 Å². The van der Waals surface area contributed by atoms with Crippen molar-refractivity contribution in [3.8, 4) is 0 Å². The summed E-state index contributed by atoms with van der Waals surface area (Å²) in [7, 11) is 0. The topological polar surface area (TPSA) is 49.4 Å². The van der Waals surface area contributed by atoms with Gasteiger partial charge in [0.25, 0.3) is 5.91 Å². The fraction of sp³-hybridized carbons (Fsp3) is 0.600. The number of carbonyl (C=O) groups is 2. The Morgan fingerprint density at radius 2 is 1.80 bits per heavy atom. The normalized spacial score (nSPS) is 24.5. The highest BCUT2D eigenvalue weighted by Crippen LogP contribution is 2.41. The number of hydrogen-bond donors (Lipinski definition) is 1. The molecule has 1 aliphatic carbocycles. The highest BCUT2D eigenvalue weighted by atomic mass is 32.2. The molecule has 136 valence electrons. The van der Waals surface area contributed by atoms with E-state index in [4.69, 9.17) is 0 Å². The number of rotatable bonds is 4. The number of amides is 2. The van der Waals surface area contributed by atoms with Crippen molar-refractivity contribution in [2.24, 2.45) is 5.92 Å². The Morgan fingerprint density at radius 3 is 2.44 bits per heavy atom. The molecule has 25 heavy (non-hydrogen) atoms. The Kier molecular flexibility index (Phi) is 6.05. The standard InChI is InChI=1S/C20H28N2O2S/c1-14(2)21-18(23)17-13-25-20(16-11-7-4-8-12-16)22(17)19(24)15-9-5-3-6-10-15/h3,5-6,9-10,14,16-17,20H,4,7-8,11-13H2,1-2H3,(H,21,23). The molecule has 3 rings (SSSR count). The molecule has 2 atom stereocenters. The van der Waals surface area contributed by atoms with E-state index in [0.29, 0.717) is 17.2 Å². The minimum absolute atomic E-state index is 0.00919. The molecule has 4 nitrogen and oxygen atoms in total. The minimum Gasteiger partial charge on any atom is -0.352 e. The Bertz CT molecular complexity index is 599. The second-order valence-electron chi connectivity index (χ2n) is 7.38. The zero-order valence-electron chi connectivity index (χ0n) is 15.1. The molecular formula is C20H28N2O2S. The molecule has 0 radical (unpaired) electrons. The molecular weight excluding hydrogens is 332 g/mol. The molecule has 2 aliphatic rings. The molecule has 2 amide bonds. The first-order valence-electron chi connectivity index (χ1n) is 9.37. The maximum Gasteiger partial charge on any atom is 0.255 e. The van der Waals surface area contributed by atoms with Gasteiger partial charge in [-0.2, -0.15) is 0 Å². The van der Waals surface area contributed by atoms with E-state index >= 15 is 0 Å². The molecule has 2 unspecified atom stereocenters. The van der Waals surface area contributed by atoms with E-state index in [-0.39, 0.29) is 29.3 Å². The Morgan fingerprint density at radius 1 is 1.12 bits per heavy atom. The maximum atomic E-state index is 13.2. The third kappa shape index (κ3) is 4.20. The number of hydrogen-bond acceptors (Lipinski definition) is 3. The largest absolute Gasteiger partial charge is 0.352 e. The molecule has 1 saturated carbocycles. The molecule has 1 heterocycles.